The maximum Gasteiger partial charge on any atom is 0.143 e. The fourth-order valence-corrected chi connectivity index (χ4v) is 2.55. The Hall–Kier alpha value is -1.39. The molecule has 1 atom stereocenters. The third-order valence-corrected chi connectivity index (χ3v) is 3.68. The van der Waals surface area contributed by atoms with Gasteiger partial charge >= 0.3 is 0 Å². The molecule has 0 saturated heterocycles. The van der Waals surface area contributed by atoms with Gasteiger partial charge in [-0.1, -0.05) is 11.6 Å². The molecule has 1 aromatic heterocycles. The smallest absolute Gasteiger partial charge is 0.143 e. The molecule has 3 rings (SSSR count). The molecule has 1 unspecified atom stereocenters. The molecular formula is C13H13ClFN3. The van der Waals surface area contributed by atoms with Gasteiger partial charge in [0.2, 0.25) is 0 Å². The van der Waals surface area contributed by atoms with Crippen LogP contribution in [0.15, 0.2) is 24.4 Å². The number of aromatic nitrogens is 2. The fraction of sp³-hybridized carbons (Fsp3) is 0.308. The lowest BCUT2D eigenvalue weighted by atomic mass is 9.94. The Kier molecular flexibility index (Phi) is 2.84. The lowest BCUT2D eigenvalue weighted by molar-refractivity contribution is 0.557. The summed E-state index contributed by atoms with van der Waals surface area (Å²) in [4.78, 5) is 0. The van der Waals surface area contributed by atoms with Crippen LogP contribution in [0.1, 0.15) is 30.1 Å². The van der Waals surface area contributed by atoms with E-state index in [0.29, 0.717) is 5.69 Å². The molecule has 1 heterocycles. The maximum absolute atomic E-state index is 13.5. The van der Waals surface area contributed by atoms with Crippen LogP contribution in [0.3, 0.4) is 0 Å². The van der Waals surface area contributed by atoms with Crippen LogP contribution in [0, 0.1) is 5.82 Å². The summed E-state index contributed by atoms with van der Waals surface area (Å²) < 4.78 is 15.2. The van der Waals surface area contributed by atoms with Crippen LogP contribution < -0.4 is 5.73 Å². The average molecular weight is 266 g/mol. The highest BCUT2D eigenvalue weighted by Gasteiger charge is 2.22. The lowest BCUT2D eigenvalue weighted by Gasteiger charge is -2.19. The summed E-state index contributed by atoms with van der Waals surface area (Å²) in [6, 6.07) is 4.75. The Morgan fingerprint density at radius 1 is 1.44 bits per heavy atom. The number of hydrogen-bond donors (Lipinski definition) is 1. The van der Waals surface area contributed by atoms with Crippen molar-refractivity contribution < 1.29 is 4.39 Å². The number of rotatable bonds is 1. The number of hydrogen-bond acceptors (Lipinski definition) is 2. The first-order valence-electron chi connectivity index (χ1n) is 5.94. The first kappa shape index (κ1) is 11.7. The standard InChI is InChI=1S/C13H13ClFN3/c14-10-5-4-8(6-11(10)15)18-13-3-1-2-12(16)9(13)7-17-18/h4-7,12H,1-3,16H2. The molecule has 3 nitrogen and oxygen atoms in total. The van der Waals surface area contributed by atoms with Gasteiger partial charge in [-0.2, -0.15) is 5.10 Å². The van der Waals surface area contributed by atoms with Crippen LogP contribution in [0.4, 0.5) is 4.39 Å². The zero-order valence-electron chi connectivity index (χ0n) is 9.74. The normalized spacial score (nSPS) is 18.7. The number of fused-ring (bicyclic) bond motifs is 1. The predicted molar refractivity (Wildman–Crippen MR) is 68.4 cm³/mol. The summed E-state index contributed by atoms with van der Waals surface area (Å²) in [5.41, 5.74) is 8.88. The van der Waals surface area contributed by atoms with Gasteiger partial charge in [-0.05, 0) is 31.4 Å². The van der Waals surface area contributed by atoms with Gasteiger partial charge in [-0.3, -0.25) is 0 Å². The van der Waals surface area contributed by atoms with E-state index < -0.39 is 5.82 Å². The summed E-state index contributed by atoms with van der Waals surface area (Å²) >= 11 is 5.68. The third-order valence-electron chi connectivity index (χ3n) is 3.38. The molecule has 1 aliphatic carbocycles. The topological polar surface area (TPSA) is 43.8 Å². The Balaban J connectivity index is 2.09. The molecule has 0 bridgehead atoms. The molecule has 2 aromatic rings. The van der Waals surface area contributed by atoms with Crippen molar-refractivity contribution in [2.24, 2.45) is 5.73 Å². The van der Waals surface area contributed by atoms with E-state index in [2.05, 4.69) is 5.10 Å². The van der Waals surface area contributed by atoms with Crippen LogP contribution >= 0.6 is 11.6 Å². The molecule has 0 radical (unpaired) electrons. The van der Waals surface area contributed by atoms with Crippen LogP contribution in [0.2, 0.25) is 5.02 Å². The van der Waals surface area contributed by atoms with Gasteiger partial charge < -0.3 is 5.73 Å². The SMILES string of the molecule is NC1CCCc2c1cnn2-c1ccc(Cl)c(F)c1. The van der Waals surface area contributed by atoms with Crippen molar-refractivity contribution in [1.82, 2.24) is 9.78 Å². The van der Waals surface area contributed by atoms with Gasteiger partial charge in [0.1, 0.15) is 5.82 Å². The molecule has 0 spiro atoms. The minimum absolute atomic E-state index is 0.0413. The van der Waals surface area contributed by atoms with Gasteiger partial charge in [0.15, 0.2) is 0 Å². The van der Waals surface area contributed by atoms with E-state index in [1.54, 1.807) is 23.0 Å². The minimum atomic E-state index is -0.432. The van der Waals surface area contributed by atoms with Crippen molar-refractivity contribution >= 4 is 11.6 Å². The Morgan fingerprint density at radius 3 is 3.06 bits per heavy atom. The summed E-state index contributed by atoms with van der Waals surface area (Å²) in [6.45, 7) is 0. The van der Waals surface area contributed by atoms with Crippen LogP contribution in [0.5, 0.6) is 0 Å². The van der Waals surface area contributed by atoms with Crippen LogP contribution in [-0.2, 0) is 6.42 Å². The summed E-state index contributed by atoms with van der Waals surface area (Å²) in [5, 5.41) is 4.44. The number of nitrogens with zero attached hydrogens (tertiary/aromatic N) is 2. The molecule has 18 heavy (non-hydrogen) atoms. The third kappa shape index (κ3) is 1.82. The summed E-state index contributed by atoms with van der Waals surface area (Å²) in [5.74, 6) is -0.432. The van der Waals surface area contributed by atoms with Crippen molar-refractivity contribution in [2.75, 3.05) is 0 Å². The van der Waals surface area contributed by atoms with Crippen LogP contribution in [-0.4, -0.2) is 9.78 Å². The van der Waals surface area contributed by atoms with E-state index in [1.165, 1.54) is 6.07 Å². The number of benzene rings is 1. The molecule has 0 amide bonds. The van der Waals surface area contributed by atoms with E-state index in [1.807, 2.05) is 0 Å². The largest absolute Gasteiger partial charge is 0.324 e. The lowest BCUT2D eigenvalue weighted by Crippen LogP contribution is -2.18. The van der Waals surface area contributed by atoms with E-state index >= 15 is 0 Å². The quantitative estimate of drug-likeness (QED) is 0.861. The van der Waals surface area contributed by atoms with E-state index in [9.17, 15) is 4.39 Å². The van der Waals surface area contributed by atoms with E-state index in [4.69, 9.17) is 17.3 Å². The molecule has 0 saturated carbocycles. The number of halogens is 2. The summed E-state index contributed by atoms with van der Waals surface area (Å²) in [7, 11) is 0. The molecule has 94 valence electrons. The Labute approximate surface area is 109 Å². The predicted octanol–water partition coefficient (Wildman–Crippen LogP) is 3.00. The Morgan fingerprint density at radius 2 is 2.28 bits per heavy atom. The Bertz CT molecular complexity index is 594. The fourth-order valence-electron chi connectivity index (χ4n) is 2.43. The van der Waals surface area contributed by atoms with Gasteiger partial charge in [0, 0.05) is 23.4 Å². The van der Waals surface area contributed by atoms with Gasteiger partial charge in [-0.15, -0.1) is 0 Å². The molecule has 1 aliphatic rings. The zero-order chi connectivity index (χ0) is 12.7. The zero-order valence-corrected chi connectivity index (χ0v) is 10.5. The van der Waals surface area contributed by atoms with E-state index in [-0.39, 0.29) is 11.1 Å². The highest BCUT2D eigenvalue weighted by molar-refractivity contribution is 6.30. The molecule has 2 N–H and O–H groups in total. The maximum atomic E-state index is 13.5. The molecule has 0 aliphatic heterocycles. The second-order valence-corrected chi connectivity index (χ2v) is 4.96. The molecule has 1 aromatic carbocycles. The van der Waals surface area contributed by atoms with Crippen molar-refractivity contribution in [3.8, 4) is 5.69 Å². The number of nitrogens with two attached hydrogens (primary N) is 1. The van der Waals surface area contributed by atoms with Crippen molar-refractivity contribution in [3.63, 3.8) is 0 Å². The first-order valence-corrected chi connectivity index (χ1v) is 6.32. The first-order chi connectivity index (χ1) is 8.66. The van der Waals surface area contributed by atoms with Crippen molar-refractivity contribution in [1.29, 1.82) is 0 Å². The van der Waals surface area contributed by atoms with Crippen LogP contribution in [0.25, 0.3) is 5.69 Å². The highest BCUT2D eigenvalue weighted by atomic mass is 35.5. The second kappa shape index (κ2) is 4.37. The minimum Gasteiger partial charge on any atom is -0.324 e. The summed E-state index contributed by atoms with van der Waals surface area (Å²) in [6.07, 6.45) is 4.72. The van der Waals surface area contributed by atoms with E-state index in [0.717, 1.165) is 30.5 Å². The molecular weight excluding hydrogens is 253 g/mol. The molecule has 5 heteroatoms. The van der Waals surface area contributed by atoms with Gasteiger partial charge in [0.05, 0.1) is 16.9 Å². The molecule has 0 fully saturated rings. The van der Waals surface area contributed by atoms with Gasteiger partial charge in [-0.25, -0.2) is 9.07 Å². The highest BCUT2D eigenvalue weighted by Crippen LogP contribution is 2.29. The average Bonchev–Trinajstić information content (AvgIpc) is 2.78. The second-order valence-electron chi connectivity index (χ2n) is 4.56. The van der Waals surface area contributed by atoms with Crippen molar-refractivity contribution in [2.45, 2.75) is 25.3 Å². The monoisotopic (exact) mass is 265 g/mol. The van der Waals surface area contributed by atoms with Gasteiger partial charge in [0.25, 0.3) is 0 Å². The van der Waals surface area contributed by atoms with Crippen molar-refractivity contribution in [3.05, 3.63) is 46.5 Å².